The van der Waals surface area contributed by atoms with E-state index in [1.165, 1.54) is 81.6 Å². The second-order valence-electron chi connectivity index (χ2n) is 21.3. The first-order valence-electron chi connectivity index (χ1n) is 35.8. The van der Waals surface area contributed by atoms with Crippen LogP contribution in [-0.2, 0) is 46.3 Å². The van der Waals surface area contributed by atoms with Crippen LogP contribution in [0.15, 0.2) is 82.6 Å². The van der Waals surface area contributed by atoms with Crippen LogP contribution in [0.3, 0.4) is 0 Å². The van der Waals surface area contributed by atoms with Crippen molar-refractivity contribution in [3.63, 3.8) is 0 Å². The number of phenolic OH excluding ortho intramolecular Hbond substituents is 2. The van der Waals surface area contributed by atoms with Crippen molar-refractivity contribution >= 4 is 51.0 Å². The number of nitrogens with one attached hydrogen (secondary N) is 2. The van der Waals surface area contributed by atoms with Crippen molar-refractivity contribution in [2.75, 3.05) is 32.5 Å². The Morgan fingerprint density at radius 1 is 0.539 bits per heavy atom. The van der Waals surface area contributed by atoms with E-state index in [2.05, 4.69) is 164 Å². The number of phenols is 2. The lowest BCUT2D eigenvalue weighted by molar-refractivity contribution is -0.140. The number of likely N-dealkylation sites (tertiary alicyclic amines) is 1. The number of hydrogen-bond acceptors (Lipinski definition) is 13. The number of pyridine rings is 1. The van der Waals surface area contributed by atoms with Crippen LogP contribution in [0, 0.1) is 48.4 Å². The van der Waals surface area contributed by atoms with Crippen LogP contribution >= 0.6 is 21.6 Å². The molecule has 2 fully saturated rings. The van der Waals surface area contributed by atoms with Crippen LogP contribution in [0.2, 0.25) is 0 Å². The van der Waals surface area contributed by atoms with Crippen molar-refractivity contribution in [2.45, 2.75) is 446 Å². The third kappa shape index (κ3) is 137. The minimum Gasteiger partial charge on any atom is -0.504 e. The molecule has 16 heteroatoms. The van der Waals surface area contributed by atoms with Gasteiger partial charge in [0.25, 0.3) is 0 Å². The van der Waals surface area contributed by atoms with Gasteiger partial charge >= 0.3 is 0 Å². The number of fused-ring (bicyclic) bond motifs is 5. The van der Waals surface area contributed by atoms with E-state index in [0.29, 0.717) is 32.4 Å². The van der Waals surface area contributed by atoms with Crippen molar-refractivity contribution in [2.24, 2.45) is 11.8 Å². The van der Waals surface area contributed by atoms with Gasteiger partial charge in [-0.2, -0.15) is 0 Å². The summed E-state index contributed by atoms with van der Waals surface area (Å²) >= 11 is 0. The molecular weight excluding hydrogens is 1470 g/mol. The molecule has 706 valence electrons. The fourth-order valence-electron chi connectivity index (χ4n) is 6.12. The highest BCUT2D eigenvalue weighted by atomic mass is 33.1. The predicted octanol–water partition coefficient (Wildman–Crippen LogP) is 33.0. The lowest BCUT2D eigenvalue weighted by Gasteiger charge is -2.11. The van der Waals surface area contributed by atoms with Gasteiger partial charge in [-0.1, -0.05) is 404 Å². The van der Waals surface area contributed by atoms with Gasteiger partial charge in [-0.05, 0) is 92.3 Å². The molecule has 7 rings (SSSR count). The number of nitrogens with zero attached hydrogens (tertiary/aromatic N) is 2. The van der Waals surface area contributed by atoms with Crippen molar-refractivity contribution in [3.05, 3.63) is 84.5 Å². The summed E-state index contributed by atoms with van der Waals surface area (Å²) in [5, 5.41) is 24.0. The van der Waals surface area contributed by atoms with E-state index in [0.717, 1.165) is 54.4 Å². The van der Waals surface area contributed by atoms with E-state index in [4.69, 9.17) is 37.0 Å². The fourth-order valence-corrected chi connectivity index (χ4v) is 7.61. The number of carbonyl (C=O) groups excluding carboxylic acids is 5. The van der Waals surface area contributed by atoms with Crippen molar-refractivity contribution in [1.82, 2.24) is 20.5 Å². The molecule has 4 aliphatic rings. The lowest BCUT2D eigenvalue weighted by atomic mass is 9.85. The third-order valence-corrected chi connectivity index (χ3v) is 12.6. The normalized spacial score (nSPS) is 12.5. The van der Waals surface area contributed by atoms with E-state index in [1.807, 2.05) is 80.2 Å². The summed E-state index contributed by atoms with van der Waals surface area (Å²) in [6, 6.07) is 14.7. The molecule has 5 heterocycles. The molecule has 14 nitrogen and oxygen atoms in total. The maximum atomic E-state index is 11.6. The standard InChI is InChI=1S/C10H16O.C9H9NO3.C8H10O2.C7H9NS2.2C6H9NO.C6H8O.C4H8O.8C3H8.19CH4/c1-2-11-10-8-6-4-3-5-7-9-10;1-10-8(11)6-4-2-3-5(13-4)7(6)9(10)12;1-2-6-3-4-7(9)8(10)5-6;1-2-9-10-7-5-3-4-6-8-7;2*1-3-5-7-6(8)4-2;1-2-6-4-3-5-7-6;1-3-4(2)5;8*1-3-2;;;;;;;;;;;;;;;;;;;/h10H,2-6,8H2,1H3;2-7H,1H3;3-5,9-10H,2H2,1H3;3-6H,2H2,1H3;2*1H,4-5H2,2H3,(H,7,8);3-5H,2H2,1H3;3H2,1-2H3;8*3H2,1-2H3;19*1H4. The largest absolute Gasteiger partial charge is 0.504 e. The number of rotatable bonds is 12. The van der Waals surface area contributed by atoms with Gasteiger partial charge < -0.3 is 39.5 Å². The number of aromatic hydroxyl groups is 2. The molecule has 2 aromatic heterocycles. The summed E-state index contributed by atoms with van der Waals surface area (Å²) < 4.78 is 15.9. The Bertz CT molecular complexity index is 2250. The number of hydrogen-bond donors (Lipinski definition) is 4. The summed E-state index contributed by atoms with van der Waals surface area (Å²) in [6.07, 6.45) is 36.5. The Hall–Kier alpha value is -5.96. The number of aryl methyl sites for hydroxylation is 2. The van der Waals surface area contributed by atoms with Crippen LogP contribution in [0.5, 0.6) is 11.5 Å². The Morgan fingerprint density at radius 3 is 1.19 bits per heavy atom. The zero-order valence-corrected chi connectivity index (χ0v) is 67.0. The number of benzene rings is 1. The van der Waals surface area contributed by atoms with Gasteiger partial charge in [-0.15, -0.1) is 18.8 Å². The Labute approximate surface area is 738 Å². The Balaban J connectivity index is -0.0000000274. The molecule has 0 spiro atoms. The number of terminal acetylenes is 2. The average molecular weight is 1690 g/mol. The number of Topliss-reactive ketones (excluding diaryl/α,β-unsaturated/α-hetero) is 1. The molecular formula is C99H218N4O10S2. The quantitative estimate of drug-likeness (QED) is 0.0440. The van der Waals surface area contributed by atoms with Gasteiger partial charge in [-0.3, -0.25) is 24.1 Å². The van der Waals surface area contributed by atoms with Crippen LogP contribution in [0.25, 0.3) is 0 Å². The van der Waals surface area contributed by atoms with Gasteiger partial charge in [0, 0.05) is 57.7 Å². The van der Waals surface area contributed by atoms with E-state index in [9.17, 15) is 24.0 Å². The number of aromatic nitrogens is 1. The summed E-state index contributed by atoms with van der Waals surface area (Å²) in [4.78, 5) is 59.1. The first-order chi connectivity index (χ1) is 45.9. The van der Waals surface area contributed by atoms with E-state index in [-0.39, 0.29) is 212 Å². The number of carbonyl (C=O) groups is 5. The molecule has 3 aliphatic heterocycles. The smallest absolute Gasteiger partial charge is 0.235 e. The highest BCUT2D eigenvalue weighted by Gasteiger charge is 2.59. The maximum Gasteiger partial charge on any atom is 0.235 e. The summed E-state index contributed by atoms with van der Waals surface area (Å²) in [7, 11) is 5.09. The van der Waals surface area contributed by atoms with Gasteiger partial charge in [0.1, 0.15) is 22.7 Å². The Kier molecular flexibility index (Phi) is 269. The number of furan rings is 1. The van der Waals surface area contributed by atoms with E-state index < -0.39 is 0 Å². The Morgan fingerprint density at radius 2 is 0.922 bits per heavy atom. The predicted molar refractivity (Wildman–Crippen MR) is 545 cm³/mol. The molecule has 2 bridgehead atoms. The number of ether oxygens (including phenoxy) is 2. The first kappa shape index (κ1) is 194. The molecule has 115 heavy (non-hydrogen) atoms. The molecule has 3 aromatic rings. The highest BCUT2D eigenvalue weighted by Crippen LogP contribution is 2.44. The minimum atomic E-state index is -0.243. The van der Waals surface area contributed by atoms with Gasteiger partial charge in [0.05, 0.1) is 43.4 Å². The number of ketones is 1. The van der Waals surface area contributed by atoms with Crippen LogP contribution < -0.4 is 10.6 Å². The lowest BCUT2D eigenvalue weighted by Crippen LogP contribution is -2.30. The zero-order chi connectivity index (χ0) is 75.8. The second kappa shape index (κ2) is 160. The third-order valence-electron chi connectivity index (χ3n) is 10.2. The fraction of sp³-hybridized carbons (Fsp3) is 0.717. The van der Waals surface area contributed by atoms with Gasteiger partial charge in [0.15, 0.2) is 11.5 Å². The molecule has 0 saturated carbocycles. The molecule has 1 aliphatic carbocycles. The highest BCUT2D eigenvalue weighted by molar-refractivity contribution is 8.76. The molecule has 4 N–H and O–H groups in total. The molecule has 1 aromatic carbocycles. The van der Waals surface area contributed by atoms with Crippen LogP contribution in [-0.4, -0.2) is 100 Å². The van der Waals surface area contributed by atoms with Crippen molar-refractivity contribution in [3.8, 4) is 48.0 Å². The first-order valence-corrected chi connectivity index (χ1v) is 38.1. The van der Waals surface area contributed by atoms with E-state index in [1.54, 1.807) is 57.0 Å². The topological polar surface area (TPSA) is 198 Å². The summed E-state index contributed by atoms with van der Waals surface area (Å²) in [5.74, 6) is 12.6. The van der Waals surface area contributed by atoms with Crippen LogP contribution in [0.4, 0.5) is 0 Å². The molecule has 2 saturated heterocycles. The minimum absolute atomic E-state index is 0. The van der Waals surface area contributed by atoms with Crippen LogP contribution in [0.1, 0.15) is 421 Å². The van der Waals surface area contributed by atoms with Gasteiger partial charge in [0.2, 0.25) is 23.6 Å². The van der Waals surface area contributed by atoms with Crippen molar-refractivity contribution < 1.29 is 48.1 Å². The molecule has 5 atom stereocenters. The molecule has 0 radical (unpaired) electrons. The molecule has 4 amide bonds. The number of imide groups is 1. The monoisotopic (exact) mass is 1690 g/mol. The van der Waals surface area contributed by atoms with E-state index >= 15 is 0 Å². The number of amides is 4. The van der Waals surface area contributed by atoms with Gasteiger partial charge in [-0.25, -0.2) is 4.98 Å². The summed E-state index contributed by atoms with van der Waals surface area (Å²) in [6.45, 7) is 50.7. The maximum absolute atomic E-state index is 11.6. The van der Waals surface area contributed by atoms with Crippen molar-refractivity contribution in [1.29, 1.82) is 0 Å². The SMILES string of the molecule is C.C.C.C.C.C.C.C.C.C.C.C.C.C.C.C.C.C.C.C#CCNC(=O)CC.C#CCNC(=O)CC.CCC.CCC.CCC.CCC.CCC.CCC.CCC.CCC.CCC(C)=O.CCOC1C#CCCCCC1.CCSSc1ccccn1.CCc1ccc(O)c(O)c1.CCc1ccco1.CN1C(=O)C2C3C=CC(O3)C2C1=O. The molecule has 5 unspecified atom stereocenters. The zero-order valence-electron chi connectivity index (χ0n) is 65.4. The average Bonchev–Trinajstić information content (AvgIpc) is 1.58. The second-order valence-corrected chi connectivity index (χ2v) is 23.9. The summed E-state index contributed by atoms with van der Waals surface area (Å²) in [5.41, 5.74) is 1.02.